The molecule has 1 N–H and O–H groups in total. The molecule has 6 nitrogen and oxygen atoms in total. The molecule has 0 fully saturated rings. The number of ether oxygens (including phenoxy) is 2. The summed E-state index contributed by atoms with van der Waals surface area (Å²) in [7, 11) is 0. The van der Waals surface area contributed by atoms with Gasteiger partial charge in [-0.05, 0) is 42.0 Å². The fourth-order valence-corrected chi connectivity index (χ4v) is 3.46. The molecule has 0 amide bonds. The Hall–Kier alpha value is -3.32. The van der Waals surface area contributed by atoms with Crippen molar-refractivity contribution in [2.45, 2.75) is 13.2 Å². The van der Waals surface area contributed by atoms with Gasteiger partial charge < -0.3 is 19.1 Å². The first-order valence-corrected chi connectivity index (χ1v) is 10.1. The zero-order chi connectivity index (χ0) is 20.9. The number of benzene rings is 3. The lowest BCUT2D eigenvalue weighted by molar-refractivity contribution is -0.139. The number of halogens is 1. The summed E-state index contributed by atoms with van der Waals surface area (Å²) < 4.78 is 14.3. The molecule has 1 aromatic heterocycles. The SMILES string of the molecule is O=C(O)COc1ccc(COc2ccccc2Cn2cnc3cc(Br)ccc32)cc1. The van der Waals surface area contributed by atoms with Gasteiger partial charge in [0.2, 0.25) is 0 Å². The van der Waals surface area contributed by atoms with E-state index in [1.165, 1.54) is 0 Å². The zero-order valence-electron chi connectivity index (χ0n) is 16.0. The van der Waals surface area contributed by atoms with Gasteiger partial charge in [-0.1, -0.05) is 46.3 Å². The minimum atomic E-state index is -1.00. The smallest absolute Gasteiger partial charge is 0.341 e. The van der Waals surface area contributed by atoms with E-state index in [1.54, 1.807) is 12.1 Å². The predicted molar refractivity (Wildman–Crippen MR) is 117 cm³/mol. The van der Waals surface area contributed by atoms with E-state index in [2.05, 4.69) is 25.5 Å². The summed E-state index contributed by atoms with van der Waals surface area (Å²) in [5.74, 6) is 0.320. The van der Waals surface area contributed by atoms with Gasteiger partial charge in [-0.25, -0.2) is 9.78 Å². The summed E-state index contributed by atoms with van der Waals surface area (Å²) in [5.41, 5.74) is 4.02. The number of carbonyl (C=O) groups is 1. The molecule has 0 aliphatic rings. The molecule has 4 rings (SSSR count). The number of hydrogen-bond donors (Lipinski definition) is 1. The summed E-state index contributed by atoms with van der Waals surface area (Å²) in [6, 6.07) is 21.2. The molecule has 0 radical (unpaired) electrons. The molecule has 0 spiro atoms. The molecule has 0 aliphatic carbocycles. The number of fused-ring (bicyclic) bond motifs is 1. The highest BCUT2D eigenvalue weighted by Gasteiger charge is 2.08. The molecule has 0 saturated carbocycles. The Morgan fingerprint density at radius 3 is 2.63 bits per heavy atom. The average Bonchev–Trinajstić information content (AvgIpc) is 3.14. The number of carboxylic acids is 1. The van der Waals surface area contributed by atoms with Crippen molar-refractivity contribution >= 4 is 32.9 Å². The van der Waals surface area contributed by atoms with Crippen LogP contribution in [-0.2, 0) is 17.9 Å². The highest BCUT2D eigenvalue weighted by Crippen LogP contribution is 2.24. The molecule has 152 valence electrons. The molecule has 0 atom stereocenters. The first-order chi connectivity index (χ1) is 14.6. The molecule has 1 heterocycles. The van der Waals surface area contributed by atoms with Gasteiger partial charge in [0, 0.05) is 10.0 Å². The summed E-state index contributed by atoms with van der Waals surface area (Å²) >= 11 is 3.48. The second kappa shape index (κ2) is 9.00. The molecule has 0 saturated heterocycles. The van der Waals surface area contributed by atoms with Gasteiger partial charge in [-0.15, -0.1) is 0 Å². The van der Waals surface area contributed by atoms with Gasteiger partial charge in [0.05, 0.1) is 23.9 Å². The number of imidazole rings is 1. The Kier molecular flexibility index (Phi) is 5.99. The van der Waals surface area contributed by atoms with E-state index in [9.17, 15) is 4.79 Å². The minimum absolute atomic E-state index is 0.358. The predicted octanol–water partition coefficient (Wildman–Crippen LogP) is 4.89. The third-order valence-corrected chi connectivity index (χ3v) is 5.07. The molecule has 0 unspecified atom stereocenters. The summed E-state index contributed by atoms with van der Waals surface area (Å²) in [6.45, 7) is 0.688. The van der Waals surface area contributed by atoms with E-state index >= 15 is 0 Å². The third-order valence-electron chi connectivity index (χ3n) is 4.58. The first-order valence-electron chi connectivity index (χ1n) is 9.33. The van der Waals surface area contributed by atoms with Gasteiger partial charge in [-0.3, -0.25) is 0 Å². The zero-order valence-corrected chi connectivity index (χ0v) is 17.6. The maximum atomic E-state index is 10.6. The van der Waals surface area contributed by atoms with Crippen LogP contribution in [0.2, 0.25) is 0 Å². The van der Waals surface area contributed by atoms with Crippen LogP contribution in [-0.4, -0.2) is 27.2 Å². The largest absolute Gasteiger partial charge is 0.489 e. The van der Waals surface area contributed by atoms with E-state index in [0.29, 0.717) is 18.9 Å². The first kappa shape index (κ1) is 20.0. The fraction of sp³-hybridized carbons (Fsp3) is 0.130. The number of nitrogens with zero attached hydrogens (tertiary/aromatic N) is 2. The van der Waals surface area contributed by atoms with Crippen molar-refractivity contribution in [3.05, 3.63) is 88.7 Å². The van der Waals surface area contributed by atoms with Crippen LogP contribution in [0.4, 0.5) is 0 Å². The van der Waals surface area contributed by atoms with Crippen LogP contribution in [0.15, 0.2) is 77.5 Å². The number of carboxylic acid groups (broad SMARTS) is 1. The van der Waals surface area contributed by atoms with Crippen molar-refractivity contribution in [1.29, 1.82) is 0 Å². The van der Waals surface area contributed by atoms with E-state index < -0.39 is 5.97 Å². The normalized spacial score (nSPS) is 10.8. The van der Waals surface area contributed by atoms with E-state index in [4.69, 9.17) is 14.6 Å². The lowest BCUT2D eigenvalue weighted by atomic mass is 10.2. The van der Waals surface area contributed by atoms with Gasteiger partial charge in [0.15, 0.2) is 6.61 Å². The van der Waals surface area contributed by atoms with Gasteiger partial charge >= 0.3 is 5.97 Å². The highest BCUT2D eigenvalue weighted by molar-refractivity contribution is 9.10. The van der Waals surface area contributed by atoms with Gasteiger partial charge in [-0.2, -0.15) is 0 Å². The third kappa shape index (κ3) is 4.80. The summed E-state index contributed by atoms with van der Waals surface area (Å²) in [6.07, 6.45) is 1.84. The van der Waals surface area contributed by atoms with Crippen molar-refractivity contribution < 1.29 is 19.4 Å². The molecule has 4 aromatic rings. The van der Waals surface area contributed by atoms with E-state index in [0.717, 1.165) is 32.4 Å². The Balaban J connectivity index is 1.45. The van der Waals surface area contributed by atoms with Crippen molar-refractivity contribution in [1.82, 2.24) is 9.55 Å². The highest BCUT2D eigenvalue weighted by atomic mass is 79.9. The second-order valence-corrected chi connectivity index (χ2v) is 7.64. The fourth-order valence-electron chi connectivity index (χ4n) is 3.11. The standard InChI is InChI=1S/C23H19BrN2O4/c24-18-7-10-21-20(11-18)25-15-26(21)12-17-3-1-2-4-22(17)30-13-16-5-8-19(9-6-16)29-14-23(27)28/h1-11,15H,12-14H2,(H,27,28). The molecule has 0 bridgehead atoms. The number of hydrogen-bond acceptors (Lipinski definition) is 4. The van der Waals surface area contributed by atoms with Crippen LogP contribution < -0.4 is 9.47 Å². The van der Waals surface area contributed by atoms with Crippen LogP contribution in [0.1, 0.15) is 11.1 Å². The molecule has 3 aromatic carbocycles. The van der Waals surface area contributed by atoms with Crippen molar-refractivity contribution in [2.24, 2.45) is 0 Å². The maximum absolute atomic E-state index is 10.6. The average molecular weight is 467 g/mol. The number of rotatable bonds is 8. The van der Waals surface area contributed by atoms with Crippen LogP contribution in [0, 0.1) is 0 Å². The molecule has 30 heavy (non-hydrogen) atoms. The lowest BCUT2D eigenvalue weighted by Gasteiger charge is -2.13. The summed E-state index contributed by atoms with van der Waals surface area (Å²) in [5, 5.41) is 8.68. The molecule has 7 heteroatoms. The van der Waals surface area contributed by atoms with Crippen molar-refractivity contribution in [3.63, 3.8) is 0 Å². The van der Waals surface area contributed by atoms with Crippen molar-refractivity contribution in [2.75, 3.05) is 6.61 Å². The van der Waals surface area contributed by atoms with Gasteiger partial charge in [0.1, 0.15) is 18.1 Å². The van der Waals surface area contributed by atoms with Crippen molar-refractivity contribution in [3.8, 4) is 11.5 Å². The van der Waals surface area contributed by atoms with Gasteiger partial charge in [0.25, 0.3) is 0 Å². The monoisotopic (exact) mass is 466 g/mol. The topological polar surface area (TPSA) is 73.6 Å². The Morgan fingerprint density at radius 1 is 1.03 bits per heavy atom. The quantitative estimate of drug-likeness (QED) is 0.400. The lowest BCUT2D eigenvalue weighted by Crippen LogP contribution is -2.09. The van der Waals surface area contributed by atoms with Crippen LogP contribution >= 0.6 is 15.9 Å². The second-order valence-electron chi connectivity index (χ2n) is 6.73. The molecular formula is C23H19BrN2O4. The molecular weight excluding hydrogens is 448 g/mol. The van der Waals surface area contributed by atoms with Crippen LogP contribution in [0.3, 0.4) is 0 Å². The van der Waals surface area contributed by atoms with E-state index in [-0.39, 0.29) is 6.61 Å². The number of aliphatic carboxylic acids is 1. The summed E-state index contributed by atoms with van der Waals surface area (Å²) in [4.78, 5) is 15.1. The number of para-hydroxylation sites is 1. The Bertz CT molecular complexity index is 1170. The molecule has 0 aliphatic heterocycles. The Labute approximate surface area is 181 Å². The van der Waals surface area contributed by atoms with Crippen LogP contribution in [0.25, 0.3) is 11.0 Å². The van der Waals surface area contributed by atoms with E-state index in [1.807, 2.05) is 60.9 Å². The minimum Gasteiger partial charge on any atom is -0.489 e. The Morgan fingerprint density at radius 2 is 1.83 bits per heavy atom. The number of aromatic nitrogens is 2. The van der Waals surface area contributed by atoms with Crippen LogP contribution in [0.5, 0.6) is 11.5 Å². The maximum Gasteiger partial charge on any atom is 0.341 e.